The lowest BCUT2D eigenvalue weighted by Gasteiger charge is -2.07. The molecule has 0 saturated heterocycles. The molecule has 3 nitrogen and oxygen atoms in total. The molecule has 1 aromatic rings. The highest BCUT2D eigenvalue weighted by Gasteiger charge is 2.13. The fourth-order valence-corrected chi connectivity index (χ4v) is 1.36. The van der Waals surface area contributed by atoms with Crippen LogP contribution in [0, 0.1) is 0 Å². The fourth-order valence-electron chi connectivity index (χ4n) is 1.09. The monoisotopic (exact) mass is 257 g/mol. The van der Waals surface area contributed by atoms with Crippen LogP contribution < -0.4 is 10.5 Å². The number of benzene rings is 1. The van der Waals surface area contributed by atoms with Crippen molar-refractivity contribution in [2.45, 2.75) is 11.8 Å². The molecule has 14 heavy (non-hydrogen) atoms. The Morgan fingerprint density at radius 3 is 2.71 bits per heavy atom. The van der Waals surface area contributed by atoms with Gasteiger partial charge >= 0.3 is 0 Å². The minimum atomic E-state index is -0.198. The van der Waals surface area contributed by atoms with Crippen molar-refractivity contribution < 1.29 is 9.53 Å². The number of methoxy groups -OCH3 is 1. The number of alkyl halides is 1. The molecule has 0 aliphatic heterocycles. The van der Waals surface area contributed by atoms with Crippen LogP contribution >= 0.6 is 15.9 Å². The van der Waals surface area contributed by atoms with E-state index in [0.29, 0.717) is 17.0 Å². The zero-order valence-electron chi connectivity index (χ0n) is 8.08. The molecule has 0 bridgehead atoms. The van der Waals surface area contributed by atoms with Gasteiger partial charge in [0, 0.05) is 5.56 Å². The number of rotatable bonds is 3. The number of halogens is 1. The van der Waals surface area contributed by atoms with E-state index in [1.165, 1.54) is 7.11 Å². The second-order valence-corrected chi connectivity index (χ2v) is 4.31. The summed E-state index contributed by atoms with van der Waals surface area (Å²) in [7, 11) is 1.53. The molecule has 76 valence electrons. The van der Waals surface area contributed by atoms with E-state index in [4.69, 9.17) is 10.5 Å². The number of nitrogen functional groups attached to an aromatic ring is 1. The summed E-state index contributed by atoms with van der Waals surface area (Å²) in [6, 6.07) is 5.01. The van der Waals surface area contributed by atoms with Gasteiger partial charge in [-0.1, -0.05) is 15.9 Å². The zero-order chi connectivity index (χ0) is 10.7. The lowest BCUT2D eigenvalue weighted by atomic mass is 10.1. The molecule has 1 atom stereocenters. The standard InChI is InChI=1S/C10H12BrNO2/c1-6(11)10(13)7-3-4-8(12)9(5-7)14-2/h3-6H,12H2,1-2H3. The molecular weight excluding hydrogens is 246 g/mol. The van der Waals surface area contributed by atoms with Crippen LogP contribution in [0.15, 0.2) is 18.2 Å². The van der Waals surface area contributed by atoms with Gasteiger partial charge in [-0.15, -0.1) is 0 Å². The van der Waals surface area contributed by atoms with Gasteiger partial charge in [0.15, 0.2) is 5.78 Å². The Hall–Kier alpha value is -1.03. The van der Waals surface area contributed by atoms with Gasteiger partial charge in [0.1, 0.15) is 5.75 Å². The molecule has 4 heteroatoms. The number of carbonyl (C=O) groups is 1. The number of ether oxygens (including phenoxy) is 1. The zero-order valence-corrected chi connectivity index (χ0v) is 9.67. The first-order valence-electron chi connectivity index (χ1n) is 4.18. The molecule has 2 N–H and O–H groups in total. The van der Waals surface area contributed by atoms with Crippen molar-refractivity contribution in [3.8, 4) is 5.75 Å². The van der Waals surface area contributed by atoms with Crippen molar-refractivity contribution in [1.29, 1.82) is 0 Å². The summed E-state index contributed by atoms with van der Waals surface area (Å²) in [6.45, 7) is 1.78. The van der Waals surface area contributed by atoms with E-state index in [9.17, 15) is 4.79 Å². The van der Waals surface area contributed by atoms with Crippen molar-refractivity contribution in [1.82, 2.24) is 0 Å². The molecular formula is C10H12BrNO2. The van der Waals surface area contributed by atoms with Crippen molar-refractivity contribution in [2.75, 3.05) is 12.8 Å². The number of anilines is 1. The maximum atomic E-state index is 11.6. The summed E-state index contributed by atoms with van der Waals surface area (Å²) in [4.78, 5) is 11.4. The second-order valence-electron chi connectivity index (χ2n) is 2.94. The second kappa shape index (κ2) is 4.46. The molecule has 0 saturated carbocycles. The first-order valence-corrected chi connectivity index (χ1v) is 5.09. The molecule has 0 aliphatic rings. The first-order chi connectivity index (χ1) is 6.56. The van der Waals surface area contributed by atoms with Crippen molar-refractivity contribution >= 4 is 27.4 Å². The number of carbonyl (C=O) groups excluding carboxylic acids is 1. The predicted octanol–water partition coefficient (Wildman–Crippen LogP) is 2.24. The molecule has 0 spiro atoms. The summed E-state index contributed by atoms with van der Waals surface area (Å²) >= 11 is 3.22. The third-order valence-electron chi connectivity index (χ3n) is 1.88. The van der Waals surface area contributed by atoms with E-state index >= 15 is 0 Å². The van der Waals surface area contributed by atoms with Crippen LogP contribution in [0.1, 0.15) is 17.3 Å². The van der Waals surface area contributed by atoms with E-state index < -0.39 is 0 Å². The summed E-state index contributed by atoms with van der Waals surface area (Å²) in [5.41, 5.74) is 6.76. The molecule has 1 rings (SSSR count). The average Bonchev–Trinajstić information content (AvgIpc) is 2.17. The van der Waals surface area contributed by atoms with Gasteiger partial charge in [-0.2, -0.15) is 0 Å². The van der Waals surface area contributed by atoms with Crippen LogP contribution in [-0.2, 0) is 0 Å². The van der Waals surface area contributed by atoms with Gasteiger partial charge in [0.05, 0.1) is 17.6 Å². The predicted molar refractivity (Wildman–Crippen MR) is 60.1 cm³/mol. The normalized spacial score (nSPS) is 12.2. The van der Waals surface area contributed by atoms with Crippen LogP contribution in [-0.4, -0.2) is 17.7 Å². The summed E-state index contributed by atoms with van der Waals surface area (Å²) in [6.07, 6.45) is 0. The van der Waals surface area contributed by atoms with Crippen molar-refractivity contribution in [3.63, 3.8) is 0 Å². The summed E-state index contributed by atoms with van der Waals surface area (Å²) in [5.74, 6) is 0.548. The van der Waals surface area contributed by atoms with Crippen LogP contribution in [0.3, 0.4) is 0 Å². The van der Waals surface area contributed by atoms with E-state index in [2.05, 4.69) is 15.9 Å². The largest absolute Gasteiger partial charge is 0.495 e. The lowest BCUT2D eigenvalue weighted by Crippen LogP contribution is -2.10. The van der Waals surface area contributed by atoms with Gasteiger partial charge in [0.2, 0.25) is 0 Å². The first kappa shape index (κ1) is 11.0. The highest BCUT2D eigenvalue weighted by atomic mass is 79.9. The molecule has 1 unspecified atom stereocenters. The third-order valence-corrected chi connectivity index (χ3v) is 2.30. The van der Waals surface area contributed by atoms with E-state index in [1.807, 2.05) is 0 Å². The molecule has 0 aromatic heterocycles. The third kappa shape index (κ3) is 2.26. The minimum absolute atomic E-state index is 0.0169. The summed E-state index contributed by atoms with van der Waals surface area (Å²) in [5, 5.41) is 0. The van der Waals surface area contributed by atoms with Gasteiger partial charge in [-0.25, -0.2) is 0 Å². The SMILES string of the molecule is COc1cc(C(=O)C(C)Br)ccc1N. The van der Waals surface area contributed by atoms with Crippen molar-refractivity contribution in [3.05, 3.63) is 23.8 Å². The van der Waals surface area contributed by atoms with E-state index in [0.717, 1.165) is 0 Å². The Kier molecular flexibility index (Phi) is 3.52. The van der Waals surface area contributed by atoms with Crippen molar-refractivity contribution in [2.24, 2.45) is 0 Å². The molecule has 0 aliphatic carbocycles. The number of Topliss-reactive ketones (excluding diaryl/α,β-unsaturated/α-hetero) is 1. The Morgan fingerprint density at radius 1 is 1.57 bits per heavy atom. The quantitative estimate of drug-likeness (QED) is 0.514. The van der Waals surface area contributed by atoms with E-state index in [-0.39, 0.29) is 10.6 Å². The van der Waals surface area contributed by atoms with Gasteiger partial charge in [-0.3, -0.25) is 4.79 Å². The smallest absolute Gasteiger partial charge is 0.176 e. The van der Waals surface area contributed by atoms with Crippen LogP contribution in [0.5, 0.6) is 5.75 Å². The van der Waals surface area contributed by atoms with E-state index in [1.54, 1.807) is 25.1 Å². The maximum Gasteiger partial charge on any atom is 0.176 e. The van der Waals surface area contributed by atoms with Crippen LogP contribution in [0.2, 0.25) is 0 Å². The highest BCUT2D eigenvalue weighted by molar-refractivity contribution is 9.10. The maximum absolute atomic E-state index is 11.6. The van der Waals surface area contributed by atoms with Crippen LogP contribution in [0.4, 0.5) is 5.69 Å². The number of ketones is 1. The highest BCUT2D eigenvalue weighted by Crippen LogP contribution is 2.23. The fraction of sp³-hybridized carbons (Fsp3) is 0.300. The Labute approximate surface area is 91.4 Å². The van der Waals surface area contributed by atoms with Gasteiger partial charge in [0.25, 0.3) is 0 Å². The number of hydrogen-bond acceptors (Lipinski definition) is 3. The molecule has 1 aromatic carbocycles. The Bertz CT molecular complexity index is 350. The Morgan fingerprint density at radius 2 is 2.21 bits per heavy atom. The van der Waals surface area contributed by atoms with Gasteiger partial charge < -0.3 is 10.5 Å². The molecule has 0 fully saturated rings. The summed E-state index contributed by atoms with van der Waals surface area (Å²) < 4.78 is 5.02. The van der Waals surface area contributed by atoms with Crippen LogP contribution in [0.25, 0.3) is 0 Å². The lowest BCUT2D eigenvalue weighted by molar-refractivity contribution is 0.0995. The topological polar surface area (TPSA) is 52.3 Å². The van der Waals surface area contributed by atoms with Gasteiger partial charge in [-0.05, 0) is 25.1 Å². The molecule has 0 heterocycles. The number of hydrogen-bond donors (Lipinski definition) is 1. The molecule has 0 amide bonds. The average molecular weight is 258 g/mol. The molecule has 0 radical (unpaired) electrons. The Balaban J connectivity index is 3.06. The minimum Gasteiger partial charge on any atom is -0.495 e. The number of nitrogens with two attached hydrogens (primary N) is 1.